The highest BCUT2D eigenvalue weighted by molar-refractivity contribution is 7.92. The maximum absolute atomic E-state index is 12.4. The average Bonchev–Trinajstić information content (AvgIpc) is 3.20. The Hall–Kier alpha value is -3.08. The molecule has 162 valence electrons. The van der Waals surface area contributed by atoms with Crippen molar-refractivity contribution in [2.45, 2.75) is 43.0 Å². The van der Waals surface area contributed by atoms with Crippen molar-refractivity contribution in [1.29, 1.82) is 0 Å². The van der Waals surface area contributed by atoms with E-state index in [2.05, 4.69) is 15.0 Å². The maximum Gasteiger partial charge on any atom is 0.320 e. The van der Waals surface area contributed by atoms with Crippen molar-refractivity contribution in [3.63, 3.8) is 0 Å². The molecule has 1 aliphatic rings. The fourth-order valence-corrected chi connectivity index (χ4v) is 4.69. The molecule has 1 heterocycles. The number of aromatic nitrogens is 1. The number of hydrogen-bond donors (Lipinski definition) is 4. The molecule has 1 atom stereocenters. The normalized spacial score (nSPS) is 16.2. The molecule has 1 aliphatic carbocycles. The summed E-state index contributed by atoms with van der Waals surface area (Å²) in [5.74, 6) is -4.52. The van der Waals surface area contributed by atoms with Gasteiger partial charge in [-0.1, -0.05) is 19.3 Å². The predicted molar refractivity (Wildman–Crippen MR) is 107 cm³/mol. The number of carbonyl (C=O) groups is 2. The van der Waals surface area contributed by atoms with E-state index in [1.807, 2.05) is 0 Å². The molecule has 0 spiro atoms. The number of nitrogens with zero attached hydrogens (tertiary/aromatic N) is 1. The van der Waals surface area contributed by atoms with Crippen LogP contribution in [0.2, 0.25) is 0 Å². The number of anilines is 2. The first-order chi connectivity index (χ1) is 14.3. The van der Waals surface area contributed by atoms with E-state index in [9.17, 15) is 28.2 Å². The molecule has 2 aromatic rings. The Kier molecular flexibility index (Phi) is 6.60. The summed E-state index contributed by atoms with van der Waals surface area (Å²) in [4.78, 5) is 26.9. The van der Waals surface area contributed by atoms with Crippen molar-refractivity contribution in [2.24, 2.45) is 11.8 Å². The van der Waals surface area contributed by atoms with Crippen molar-refractivity contribution in [3.05, 3.63) is 36.7 Å². The Morgan fingerprint density at radius 1 is 1.07 bits per heavy atom. The Balaban J connectivity index is 1.80. The molecular formula is C19H23N3O7S. The lowest BCUT2D eigenvalue weighted by molar-refractivity contribution is -0.156. The SMILES string of the molecule is O=C(O)C(C(=O)O)C(Nc1ccc(S(=O)(=O)Nc2ncco2)cc1)C1CCCCC1. The van der Waals surface area contributed by atoms with Crippen LogP contribution in [0.15, 0.2) is 46.0 Å². The van der Waals surface area contributed by atoms with E-state index in [-0.39, 0.29) is 16.8 Å². The van der Waals surface area contributed by atoms with E-state index in [4.69, 9.17) is 4.42 Å². The van der Waals surface area contributed by atoms with Crippen LogP contribution in [0.5, 0.6) is 0 Å². The zero-order valence-corrected chi connectivity index (χ0v) is 16.8. The summed E-state index contributed by atoms with van der Waals surface area (Å²) in [7, 11) is -3.91. The minimum absolute atomic E-state index is 0.0477. The molecule has 10 nitrogen and oxygen atoms in total. The van der Waals surface area contributed by atoms with Crippen LogP contribution in [0.25, 0.3) is 0 Å². The lowest BCUT2D eigenvalue weighted by Crippen LogP contribution is -2.45. The third-order valence-electron chi connectivity index (χ3n) is 5.20. The van der Waals surface area contributed by atoms with E-state index < -0.39 is 33.9 Å². The Labute approximate surface area is 173 Å². The van der Waals surface area contributed by atoms with Gasteiger partial charge in [0.15, 0.2) is 5.92 Å². The minimum atomic E-state index is -3.91. The van der Waals surface area contributed by atoms with Crippen LogP contribution in [-0.2, 0) is 19.6 Å². The van der Waals surface area contributed by atoms with Gasteiger partial charge in [0.25, 0.3) is 10.0 Å². The number of aliphatic carboxylic acids is 2. The Bertz CT molecular complexity index is 954. The first-order valence-electron chi connectivity index (χ1n) is 9.52. The van der Waals surface area contributed by atoms with Gasteiger partial charge in [0.1, 0.15) is 6.26 Å². The number of sulfonamides is 1. The van der Waals surface area contributed by atoms with Crippen molar-refractivity contribution >= 4 is 33.7 Å². The number of benzene rings is 1. The van der Waals surface area contributed by atoms with Gasteiger partial charge in [0.2, 0.25) is 0 Å². The van der Waals surface area contributed by atoms with Gasteiger partial charge in [0, 0.05) is 5.69 Å². The van der Waals surface area contributed by atoms with Gasteiger partial charge in [-0.05, 0) is 43.0 Å². The molecule has 0 aliphatic heterocycles. The molecule has 1 aromatic heterocycles. The van der Waals surface area contributed by atoms with Gasteiger partial charge < -0.3 is 19.9 Å². The van der Waals surface area contributed by atoms with Crippen LogP contribution >= 0.6 is 0 Å². The fourth-order valence-electron chi connectivity index (χ4n) is 3.75. The number of hydrogen-bond acceptors (Lipinski definition) is 7. The first-order valence-corrected chi connectivity index (χ1v) is 11.0. The summed E-state index contributed by atoms with van der Waals surface area (Å²) < 4.78 is 31.8. The molecule has 0 bridgehead atoms. The standard InChI is InChI=1S/C19H23N3O7S/c23-17(24)15(18(25)26)16(12-4-2-1-3-5-12)21-13-6-8-14(9-7-13)30(27,28)22-19-20-10-11-29-19/h6-12,15-16,21H,1-5H2,(H,20,22)(H,23,24)(H,25,26). The van der Waals surface area contributed by atoms with Gasteiger partial charge in [-0.2, -0.15) is 0 Å². The van der Waals surface area contributed by atoms with E-state index in [0.29, 0.717) is 5.69 Å². The second-order valence-corrected chi connectivity index (χ2v) is 8.87. The summed E-state index contributed by atoms with van der Waals surface area (Å²) in [5.41, 5.74) is 0.438. The summed E-state index contributed by atoms with van der Waals surface area (Å²) >= 11 is 0. The number of oxazole rings is 1. The van der Waals surface area contributed by atoms with Crippen LogP contribution in [0, 0.1) is 11.8 Å². The molecule has 0 radical (unpaired) electrons. The summed E-state index contributed by atoms with van der Waals surface area (Å²) in [5, 5.41) is 22.0. The lowest BCUT2D eigenvalue weighted by Gasteiger charge is -2.33. The molecule has 4 N–H and O–H groups in total. The molecule has 1 unspecified atom stereocenters. The van der Waals surface area contributed by atoms with Crippen LogP contribution in [0.3, 0.4) is 0 Å². The number of rotatable bonds is 9. The molecule has 1 aromatic carbocycles. The van der Waals surface area contributed by atoms with Crippen molar-refractivity contribution in [1.82, 2.24) is 4.98 Å². The van der Waals surface area contributed by atoms with Gasteiger partial charge in [-0.25, -0.2) is 18.1 Å². The molecule has 1 saturated carbocycles. The highest BCUT2D eigenvalue weighted by Crippen LogP contribution is 2.32. The molecule has 30 heavy (non-hydrogen) atoms. The zero-order valence-electron chi connectivity index (χ0n) is 16.0. The predicted octanol–water partition coefficient (Wildman–Crippen LogP) is 2.62. The highest BCUT2D eigenvalue weighted by atomic mass is 32.2. The van der Waals surface area contributed by atoms with Crippen LogP contribution < -0.4 is 10.0 Å². The van der Waals surface area contributed by atoms with Crippen LogP contribution in [0.1, 0.15) is 32.1 Å². The fraction of sp³-hybridized carbons (Fsp3) is 0.421. The van der Waals surface area contributed by atoms with Gasteiger partial charge in [-0.15, -0.1) is 0 Å². The van der Waals surface area contributed by atoms with E-state index in [1.54, 1.807) is 0 Å². The van der Waals surface area contributed by atoms with Crippen molar-refractivity contribution in [3.8, 4) is 0 Å². The second-order valence-electron chi connectivity index (χ2n) is 7.19. The lowest BCUT2D eigenvalue weighted by atomic mass is 9.78. The Morgan fingerprint density at radius 3 is 2.23 bits per heavy atom. The zero-order chi connectivity index (χ0) is 21.7. The molecule has 11 heteroatoms. The summed E-state index contributed by atoms with van der Waals surface area (Å²) in [6.07, 6.45) is 6.88. The summed E-state index contributed by atoms with van der Waals surface area (Å²) in [6, 6.07) is 4.64. The topological polar surface area (TPSA) is 159 Å². The van der Waals surface area contributed by atoms with Crippen molar-refractivity contribution in [2.75, 3.05) is 10.0 Å². The number of carboxylic acid groups (broad SMARTS) is 2. The summed E-state index contributed by atoms with van der Waals surface area (Å²) in [6.45, 7) is 0. The number of carboxylic acids is 2. The van der Waals surface area contributed by atoms with Crippen LogP contribution in [-0.4, -0.2) is 41.6 Å². The van der Waals surface area contributed by atoms with Crippen LogP contribution in [0.4, 0.5) is 11.7 Å². The largest absolute Gasteiger partial charge is 0.481 e. The second kappa shape index (κ2) is 9.16. The molecule has 3 rings (SSSR count). The van der Waals surface area contributed by atoms with Crippen molar-refractivity contribution < 1.29 is 32.6 Å². The van der Waals surface area contributed by atoms with Gasteiger partial charge >= 0.3 is 18.0 Å². The van der Waals surface area contributed by atoms with E-state index in [0.717, 1.165) is 32.1 Å². The first kappa shape index (κ1) is 21.6. The Morgan fingerprint density at radius 2 is 1.70 bits per heavy atom. The quantitative estimate of drug-likeness (QED) is 0.432. The van der Waals surface area contributed by atoms with Gasteiger partial charge in [-0.3, -0.25) is 9.59 Å². The monoisotopic (exact) mass is 437 g/mol. The molecule has 1 fully saturated rings. The highest BCUT2D eigenvalue weighted by Gasteiger charge is 2.40. The van der Waals surface area contributed by atoms with E-state index in [1.165, 1.54) is 36.7 Å². The molecule has 0 amide bonds. The average molecular weight is 437 g/mol. The number of nitrogens with one attached hydrogen (secondary N) is 2. The maximum atomic E-state index is 12.4. The molecular weight excluding hydrogens is 414 g/mol. The molecule has 0 saturated heterocycles. The third-order valence-corrected chi connectivity index (χ3v) is 6.54. The van der Waals surface area contributed by atoms with Gasteiger partial charge in [0.05, 0.1) is 17.1 Å². The minimum Gasteiger partial charge on any atom is -0.481 e. The van der Waals surface area contributed by atoms with E-state index >= 15 is 0 Å². The smallest absolute Gasteiger partial charge is 0.320 e. The third kappa shape index (κ3) is 5.09.